The topological polar surface area (TPSA) is 49.3 Å². The van der Waals surface area contributed by atoms with Crippen LogP contribution in [0.1, 0.15) is 44.0 Å². The number of aromatic carboxylic acids is 1. The van der Waals surface area contributed by atoms with E-state index in [1.165, 1.54) is 18.2 Å². The van der Waals surface area contributed by atoms with Crippen molar-refractivity contribution in [1.82, 2.24) is 0 Å². The fourth-order valence-electron chi connectivity index (χ4n) is 1.75. The van der Waals surface area contributed by atoms with Gasteiger partial charge < -0.3 is 10.4 Å². The molecule has 0 saturated heterocycles. The van der Waals surface area contributed by atoms with Gasteiger partial charge in [-0.2, -0.15) is 0 Å². The van der Waals surface area contributed by atoms with Gasteiger partial charge in [-0.25, -0.2) is 9.18 Å². The third-order valence-electron chi connectivity index (χ3n) is 2.81. The van der Waals surface area contributed by atoms with Crippen molar-refractivity contribution in [3.05, 3.63) is 29.6 Å². The van der Waals surface area contributed by atoms with Gasteiger partial charge in [0.25, 0.3) is 0 Å². The predicted molar refractivity (Wildman–Crippen MR) is 70.5 cm³/mol. The molecule has 0 fully saturated rings. The van der Waals surface area contributed by atoms with Gasteiger partial charge in [0.1, 0.15) is 5.82 Å². The lowest BCUT2D eigenvalue weighted by Gasteiger charge is -2.18. The van der Waals surface area contributed by atoms with Gasteiger partial charge in [0.2, 0.25) is 0 Å². The Kier molecular flexibility index (Phi) is 5.13. The second-order valence-corrected chi connectivity index (χ2v) is 4.98. The Morgan fingerprint density at radius 1 is 1.33 bits per heavy atom. The first-order chi connectivity index (χ1) is 8.41. The van der Waals surface area contributed by atoms with Crippen LogP contribution in [0.15, 0.2) is 18.2 Å². The Labute approximate surface area is 107 Å². The van der Waals surface area contributed by atoms with E-state index >= 15 is 0 Å². The molecule has 18 heavy (non-hydrogen) atoms. The third kappa shape index (κ3) is 4.02. The summed E-state index contributed by atoms with van der Waals surface area (Å²) in [5.74, 6) is -1.06. The fraction of sp³-hybridized carbons (Fsp3) is 0.500. The standard InChI is InChI=1S/C14H20FNO2/c1-9(2)7-8-10(3)16-13-11(14(17)18)5-4-6-12(13)15/h4-6,9-10,16H,7-8H2,1-3H3,(H,17,18). The number of hydrogen-bond acceptors (Lipinski definition) is 2. The van der Waals surface area contributed by atoms with Crippen molar-refractivity contribution in [1.29, 1.82) is 0 Å². The Bertz CT molecular complexity index is 418. The van der Waals surface area contributed by atoms with Gasteiger partial charge in [0.05, 0.1) is 11.3 Å². The van der Waals surface area contributed by atoms with E-state index in [-0.39, 0.29) is 17.3 Å². The van der Waals surface area contributed by atoms with Crippen LogP contribution in [0.25, 0.3) is 0 Å². The van der Waals surface area contributed by atoms with Crippen molar-refractivity contribution in [2.75, 3.05) is 5.32 Å². The first-order valence-electron chi connectivity index (χ1n) is 6.20. The number of benzene rings is 1. The number of carboxylic acid groups (broad SMARTS) is 1. The molecule has 0 spiro atoms. The number of rotatable bonds is 6. The molecule has 0 bridgehead atoms. The number of para-hydroxylation sites is 1. The van der Waals surface area contributed by atoms with Crippen LogP contribution in [-0.2, 0) is 0 Å². The van der Waals surface area contributed by atoms with Crippen molar-refractivity contribution in [2.24, 2.45) is 5.92 Å². The Hall–Kier alpha value is -1.58. The highest BCUT2D eigenvalue weighted by molar-refractivity contribution is 5.94. The predicted octanol–water partition coefficient (Wildman–Crippen LogP) is 3.76. The zero-order chi connectivity index (χ0) is 13.7. The normalized spacial score (nSPS) is 12.5. The van der Waals surface area contributed by atoms with E-state index in [9.17, 15) is 9.18 Å². The molecule has 0 amide bonds. The lowest BCUT2D eigenvalue weighted by molar-refractivity contribution is 0.0697. The van der Waals surface area contributed by atoms with Crippen LogP contribution in [0.3, 0.4) is 0 Å². The summed E-state index contributed by atoms with van der Waals surface area (Å²) in [4.78, 5) is 11.0. The number of halogens is 1. The average molecular weight is 253 g/mol. The molecule has 0 aliphatic carbocycles. The molecular formula is C14H20FNO2. The smallest absolute Gasteiger partial charge is 0.337 e. The third-order valence-corrected chi connectivity index (χ3v) is 2.81. The van der Waals surface area contributed by atoms with Gasteiger partial charge in [-0.05, 0) is 37.8 Å². The Balaban J connectivity index is 2.80. The first-order valence-corrected chi connectivity index (χ1v) is 6.20. The van der Waals surface area contributed by atoms with Crippen molar-refractivity contribution in [3.8, 4) is 0 Å². The van der Waals surface area contributed by atoms with Crippen LogP contribution >= 0.6 is 0 Å². The molecule has 0 aliphatic rings. The van der Waals surface area contributed by atoms with Crippen LogP contribution in [0.5, 0.6) is 0 Å². The second kappa shape index (κ2) is 6.38. The Morgan fingerprint density at radius 3 is 2.56 bits per heavy atom. The lowest BCUT2D eigenvalue weighted by atomic mass is 10.0. The Morgan fingerprint density at radius 2 is 2.00 bits per heavy atom. The summed E-state index contributed by atoms with van der Waals surface area (Å²) in [5, 5.41) is 12.0. The summed E-state index contributed by atoms with van der Waals surface area (Å²) in [6.45, 7) is 6.18. The van der Waals surface area contributed by atoms with Gasteiger partial charge >= 0.3 is 5.97 Å². The average Bonchev–Trinajstić information content (AvgIpc) is 2.28. The van der Waals surface area contributed by atoms with Crippen LogP contribution in [0, 0.1) is 11.7 Å². The molecule has 0 heterocycles. The first kappa shape index (κ1) is 14.5. The second-order valence-electron chi connectivity index (χ2n) is 4.98. The summed E-state index contributed by atoms with van der Waals surface area (Å²) in [6, 6.07) is 4.12. The van der Waals surface area contributed by atoms with Gasteiger partial charge in [0, 0.05) is 6.04 Å². The minimum absolute atomic E-state index is 0.0219. The van der Waals surface area contributed by atoms with Gasteiger partial charge in [0.15, 0.2) is 0 Å². The number of carbonyl (C=O) groups is 1. The molecule has 0 radical (unpaired) electrons. The largest absolute Gasteiger partial charge is 0.478 e. The van der Waals surface area contributed by atoms with Crippen LogP contribution in [0.4, 0.5) is 10.1 Å². The number of hydrogen-bond donors (Lipinski definition) is 2. The molecule has 1 aromatic carbocycles. The molecule has 1 aromatic rings. The van der Waals surface area contributed by atoms with E-state index in [1.807, 2.05) is 6.92 Å². The number of nitrogens with one attached hydrogen (secondary N) is 1. The highest BCUT2D eigenvalue weighted by atomic mass is 19.1. The highest BCUT2D eigenvalue weighted by Gasteiger charge is 2.15. The van der Waals surface area contributed by atoms with Crippen molar-refractivity contribution >= 4 is 11.7 Å². The molecule has 0 aliphatic heterocycles. The summed E-state index contributed by atoms with van der Waals surface area (Å²) in [7, 11) is 0. The highest BCUT2D eigenvalue weighted by Crippen LogP contribution is 2.22. The molecule has 1 atom stereocenters. The maximum absolute atomic E-state index is 13.6. The van der Waals surface area contributed by atoms with E-state index in [0.29, 0.717) is 5.92 Å². The lowest BCUT2D eigenvalue weighted by Crippen LogP contribution is -2.19. The van der Waals surface area contributed by atoms with Gasteiger partial charge in [-0.1, -0.05) is 19.9 Å². The summed E-state index contributed by atoms with van der Waals surface area (Å²) in [6.07, 6.45) is 1.90. The summed E-state index contributed by atoms with van der Waals surface area (Å²) < 4.78 is 13.6. The van der Waals surface area contributed by atoms with E-state index in [2.05, 4.69) is 19.2 Å². The van der Waals surface area contributed by atoms with Gasteiger partial charge in [-0.15, -0.1) is 0 Å². The monoisotopic (exact) mass is 253 g/mol. The minimum atomic E-state index is -1.12. The van der Waals surface area contributed by atoms with Crippen molar-refractivity contribution in [2.45, 2.75) is 39.7 Å². The molecule has 1 rings (SSSR count). The molecule has 0 aromatic heterocycles. The molecule has 3 nitrogen and oxygen atoms in total. The van der Waals surface area contributed by atoms with Crippen LogP contribution in [0.2, 0.25) is 0 Å². The SMILES string of the molecule is CC(C)CCC(C)Nc1c(F)cccc1C(=O)O. The quantitative estimate of drug-likeness (QED) is 0.811. The molecule has 2 N–H and O–H groups in total. The molecule has 100 valence electrons. The molecule has 0 saturated carbocycles. The van der Waals surface area contributed by atoms with E-state index in [1.54, 1.807) is 0 Å². The number of carboxylic acids is 1. The van der Waals surface area contributed by atoms with E-state index in [0.717, 1.165) is 12.8 Å². The van der Waals surface area contributed by atoms with Crippen LogP contribution in [-0.4, -0.2) is 17.1 Å². The van der Waals surface area contributed by atoms with E-state index < -0.39 is 11.8 Å². The summed E-state index contributed by atoms with van der Waals surface area (Å²) in [5.41, 5.74) is 0.0626. The van der Waals surface area contributed by atoms with Crippen molar-refractivity contribution in [3.63, 3.8) is 0 Å². The van der Waals surface area contributed by atoms with E-state index in [4.69, 9.17) is 5.11 Å². The molecular weight excluding hydrogens is 233 g/mol. The van der Waals surface area contributed by atoms with Gasteiger partial charge in [-0.3, -0.25) is 0 Å². The zero-order valence-corrected chi connectivity index (χ0v) is 11.0. The maximum Gasteiger partial charge on any atom is 0.337 e. The fourth-order valence-corrected chi connectivity index (χ4v) is 1.75. The molecule has 1 unspecified atom stereocenters. The zero-order valence-electron chi connectivity index (χ0n) is 11.0. The minimum Gasteiger partial charge on any atom is -0.478 e. The summed E-state index contributed by atoms with van der Waals surface area (Å²) >= 11 is 0. The molecule has 4 heteroatoms. The van der Waals surface area contributed by atoms with Crippen LogP contribution < -0.4 is 5.32 Å². The maximum atomic E-state index is 13.6. The van der Waals surface area contributed by atoms with Crippen molar-refractivity contribution < 1.29 is 14.3 Å². The number of anilines is 1.